The van der Waals surface area contributed by atoms with Crippen molar-refractivity contribution in [2.45, 2.75) is 25.6 Å². The highest BCUT2D eigenvalue weighted by molar-refractivity contribution is 8.13. The van der Waals surface area contributed by atoms with Crippen molar-refractivity contribution in [3.63, 3.8) is 0 Å². The Bertz CT molecular complexity index is 367. The van der Waals surface area contributed by atoms with Gasteiger partial charge in [0.2, 0.25) is 0 Å². The van der Waals surface area contributed by atoms with Gasteiger partial charge in [0, 0.05) is 12.7 Å². The van der Waals surface area contributed by atoms with E-state index in [-0.39, 0.29) is 10.9 Å². The lowest BCUT2D eigenvalue weighted by Crippen LogP contribution is -2.19. The lowest BCUT2D eigenvalue weighted by molar-refractivity contribution is -0.109. The molecule has 0 radical (unpaired) electrons. The molecule has 2 unspecified atom stereocenters. The van der Waals surface area contributed by atoms with Crippen LogP contribution in [-0.2, 0) is 4.79 Å². The molecule has 17 heavy (non-hydrogen) atoms. The zero-order valence-corrected chi connectivity index (χ0v) is 10.3. The Morgan fingerprint density at radius 1 is 1.35 bits per heavy atom. The van der Waals surface area contributed by atoms with Gasteiger partial charge in [-0.25, -0.2) is 4.39 Å². The number of benzene rings is 1. The third-order valence-electron chi connectivity index (χ3n) is 2.29. The summed E-state index contributed by atoms with van der Waals surface area (Å²) in [5.74, 6) is 0.0666. The number of rotatable bonds is 5. The highest BCUT2D eigenvalue weighted by Gasteiger charge is 2.18. The molecular weight excluding hydrogens is 243 g/mol. The van der Waals surface area contributed by atoms with E-state index in [2.05, 4.69) is 0 Å². The normalized spacial score (nSPS) is 14.4. The Kier molecular flexibility index (Phi) is 5.61. The van der Waals surface area contributed by atoms with Crippen molar-refractivity contribution in [2.75, 3.05) is 5.75 Å². The summed E-state index contributed by atoms with van der Waals surface area (Å²) in [6.07, 6.45) is -1.70. The summed E-state index contributed by atoms with van der Waals surface area (Å²) in [4.78, 5) is 10.7. The predicted molar refractivity (Wildman–Crippen MR) is 65.1 cm³/mol. The van der Waals surface area contributed by atoms with Gasteiger partial charge in [-0.15, -0.1) is 0 Å². The summed E-state index contributed by atoms with van der Waals surface area (Å²) in [5, 5.41) is 19.4. The lowest BCUT2D eigenvalue weighted by atomic mass is 10.0. The fraction of sp³-hybridized carbons (Fsp3) is 0.417. The van der Waals surface area contributed by atoms with Gasteiger partial charge in [-0.05, 0) is 24.1 Å². The first kappa shape index (κ1) is 14.2. The van der Waals surface area contributed by atoms with Crippen molar-refractivity contribution >= 4 is 16.9 Å². The van der Waals surface area contributed by atoms with Gasteiger partial charge in [0.25, 0.3) is 0 Å². The molecule has 0 spiro atoms. The van der Waals surface area contributed by atoms with E-state index in [1.807, 2.05) is 0 Å². The summed E-state index contributed by atoms with van der Waals surface area (Å²) in [6.45, 7) is 1.45. The molecule has 0 aliphatic heterocycles. The Balaban J connectivity index is 2.48. The second-order valence-electron chi connectivity index (χ2n) is 3.69. The standard InChI is InChI=1S/C12H15FO3S/c1-8(14)17-7-6-11(15)12(16)9-2-4-10(13)5-3-9/h2-5,11-12,15-16H,6-7H2,1H3. The zero-order chi connectivity index (χ0) is 12.8. The molecule has 0 aliphatic rings. The van der Waals surface area contributed by atoms with Gasteiger partial charge in [0.05, 0.1) is 6.10 Å². The Hall–Kier alpha value is -0.910. The van der Waals surface area contributed by atoms with Crippen molar-refractivity contribution in [2.24, 2.45) is 0 Å². The monoisotopic (exact) mass is 258 g/mol. The highest BCUT2D eigenvalue weighted by Crippen LogP contribution is 2.20. The number of aliphatic hydroxyl groups excluding tert-OH is 2. The van der Waals surface area contributed by atoms with Crippen LogP contribution in [0.15, 0.2) is 24.3 Å². The molecule has 2 N–H and O–H groups in total. The molecule has 1 rings (SSSR count). The van der Waals surface area contributed by atoms with Gasteiger partial charge in [-0.2, -0.15) is 0 Å². The second kappa shape index (κ2) is 6.74. The first-order valence-electron chi connectivity index (χ1n) is 5.25. The van der Waals surface area contributed by atoms with E-state index in [0.29, 0.717) is 17.7 Å². The van der Waals surface area contributed by atoms with E-state index in [1.54, 1.807) is 0 Å². The van der Waals surface area contributed by atoms with Crippen molar-refractivity contribution in [1.82, 2.24) is 0 Å². The number of aliphatic hydroxyl groups is 2. The van der Waals surface area contributed by atoms with Crippen molar-refractivity contribution in [1.29, 1.82) is 0 Å². The maximum absolute atomic E-state index is 12.7. The number of hydrogen-bond acceptors (Lipinski definition) is 4. The summed E-state index contributed by atoms with van der Waals surface area (Å²) < 4.78 is 12.7. The van der Waals surface area contributed by atoms with Crippen LogP contribution < -0.4 is 0 Å². The van der Waals surface area contributed by atoms with Crippen LogP contribution in [0.5, 0.6) is 0 Å². The molecule has 0 amide bonds. The molecule has 0 bridgehead atoms. The van der Waals surface area contributed by atoms with Crippen LogP contribution in [-0.4, -0.2) is 27.2 Å². The van der Waals surface area contributed by atoms with E-state index >= 15 is 0 Å². The molecule has 0 aromatic heterocycles. The Morgan fingerprint density at radius 3 is 2.47 bits per heavy atom. The maximum Gasteiger partial charge on any atom is 0.185 e. The second-order valence-corrected chi connectivity index (χ2v) is 4.96. The van der Waals surface area contributed by atoms with Crippen LogP contribution in [0.2, 0.25) is 0 Å². The zero-order valence-electron chi connectivity index (χ0n) is 9.47. The first-order chi connectivity index (χ1) is 8.00. The van der Waals surface area contributed by atoms with Gasteiger partial charge >= 0.3 is 0 Å². The number of halogens is 1. The molecule has 0 fully saturated rings. The predicted octanol–water partition coefficient (Wildman–Crippen LogP) is 1.89. The smallest absolute Gasteiger partial charge is 0.185 e. The number of carbonyl (C=O) groups excluding carboxylic acids is 1. The minimum absolute atomic E-state index is 0.0199. The first-order valence-corrected chi connectivity index (χ1v) is 6.24. The molecule has 0 saturated heterocycles. The average molecular weight is 258 g/mol. The minimum atomic E-state index is -1.05. The van der Waals surface area contributed by atoms with Gasteiger partial charge in [0.1, 0.15) is 11.9 Å². The summed E-state index contributed by atoms with van der Waals surface area (Å²) in [7, 11) is 0. The minimum Gasteiger partial charge on any atom is -0.390 e. The van der Waals surface area contributed by atoms with Crippen LogP contribution in [0.1, 0.15) is 25.0 Å². The molecule has 2 atom stereocenters. The molecule has 1 aromatic rings. The van der Waals surface area contributed by atoms with E-state index in [9.17, 15) is 19.4 Å². The molecule has 5 heteroatoms. The van der Waals surface area contributed by atoms with E-state index < -0.39 is 12.2 Å². The Morgan fingerprint density at radius 2 is 1.94 bits per heavy atom. The Labute approximate surface area is 104 Å². The number of hydrogen-bond donors (Lipinski definition) is 2. The molecular formula is C12H15FO3S. The molecule has 0 heterocycles. The van der Waals surface area contributed by atoms with Gasteiger partial charge in [-0.1, -0.05) is 23.9 Å². The summed E-state index contributed by atoms with van der Waals surface area (Å²) in [5.41, 5.74) is 0.465. The average Bonchev–Trinajstić information content (AvgIpc) is 2.28. The van der Waals surface area contributed by atoms with Gasteiger partial charge < -0.3 is 10.2 Å². The van der Waals surface area contributed by atoms with Crippen LogP contribution in [0.25, 0.3) is 0 Å². The topological polar surface area (TPSA) is 57.5 Å². The van der Waals surface area contributed by atoms with E-state index in [4.69, 9.17) is 0 Å². The molecule has 94 valence electrons. The van der Waals surface area contributed by atoms with Crippen LogP contribution >= 0.6 is 11.8 Å². The fourth-order valence-corrected chi connectivity index (χ4v) is 2.01. The van der Waals surface area contributed by atoms with Crippen molar-refractivity contribution < 1.29 is 19.4 Å². The van der Waals surface area contributed by atoms with Crippen molar-refractivity contribution in [3.8, 4) is 0 Å². The molecule has 0 saturated carbocycles. The maximum atomic E-state index is 12.7. The van der Waals surface area contributed by atoms with Crippen LogP contribution in [0, 0.1) is 5.82 Å². The van der Waals surface area contributed by atoms with Gasteiger partial charge in [0.15, 0.2) is 5.12 Å². The quantitative estimate of drug-likeness (QED) is 0.846. The number of carbonyl (C=O) groups is 1. The fourth-order valence-electron chi connectivity index (χ4n) is 1.36. The molecule has 3 nitrogen and oxygen atoms in total. The SMILES string of the molecule is CC(=O)SCCC(O)C(O)c1ccc(F)cc1. The third-order valence-corrected chi connectivity index (χ3v) is 3.14. The summed E-state index contributed by atoms with van der Waals surface area (Å²) >= 11 is 1.10. The third kappa shape index (κ3) is 4.85. The molecule has 0 aliphatic carbocycles. The highest BCUT2D eigenvalue weighted by atomic mass is 32.2. The van der Waals surface area contributed by atoms with Crippen LogP contribution in [0.3, 0.4) is 0 Å². The van der Waals surface area contributed by atoms with E-state index in [1.165, 1.54) is 31.2 Å². The van der Waals surface area contributed by atoms with Crippen molar-refractivity contribution in [3.05, 3.63) is 35.6 Å². The molecule has 1 aromatic carbocycles. The lowest BCUT2D eigenvalue weighted by Gasteiger charge is -2.17. The largest absolute Gasteiger partial charge is 0.390 e. The number of thioether (sulfide) groups is 1. The van der Waals surface area contributed by atoms with E-state index in [0.717, 1.165) is 11.8 Å². The van der Waals surface area contributed by atoms with Gasteiger partial charge in [-0.3, -0.25) is 4.79 Å². The van der Waals surface area contributed by atoms with Crippen LogP contribution in [0.4, 0.5) is 4.39 Å². The summed E-state index contributed by atoms with van der Waals surface area (Å²) in [6, 6.07) is 5.33.